The zero-order chi connectivity index (χ0) is 20.7. The van der Waals surface area contributed by atoms with Gasteiger partial charge in [-0.25, -0.2) is 18.4 Å². The molecule has 0 unspecified atom stereocenters. The lowest BCUT2D eigenvalue weighted by Gasteiger charge is -2.19. The smallest absolute Gasteiger partial charge is 0.348 e. The molecule has 3 N–H and O–H groups in total. The number of hydrogen-bond acceptors (Lipinski definition) is 6. The van der Waals surface area contributed by atoms with E-state index in [9.17, 15) is 18.0 Å². The van der Waals surface area contributed by atoms with Crippen LogP contribution in [-0.4, -0.2) is 32.5 Å². The Kier molecular flexibility index (Phi) is 7.13. The average molecular weight is 406 g/mol. The van der Waals surface area contributed by atoms with Crippen molar-refractivity contribution in [2.75, 3.05) is 5.32 Å². The number of benzene rings is 2. The van der Waals surface area contributed by atoms with Crippen LogP contribution in [0.4, 0.5) is 5.69 Å². The summed E-state index contributed by atoms with van der Waals surface area (Å²) in [7, 11) is -3.90. The first-order valence-corrected chi connectivity index (χ1v) is 10.1. The lowest BCUT2D eigenvalue weighted by molar-refractivity contribution is -0.160. The number of esters is 1. The van der Waals surface area contributed by atoms with Crippen LogP contribution in [0.15, 0.2) is 59.5 Å². The first-order valence-electron chi connectivity index (χ1n) is 8.56. The SMILES string of the molecule is CC[C@@H](Oc1ccccc1)C(=O)O[C@@H](C)C(=O)Nc1cccc(S(N)(=O)=O)c1. The third-order valence-corrected chi connectivity index (χ3v) is 4.66. The molecule has 0 spiro atoms. The van der Waals surface area contributed by atoms with E-state index in [1.165, 1.54) is 31.2 Å². The Balaban J connectivity index is 1.98. The number of sulfonamides is 1. The molecule has 0 bridgehead atoms. The van der Waals surface area contributed by atoms with Crippen LogP contribution in [0.3, 0.4) is 0 Å². The van der Waals surface area contributed by atoms with E-state index in [1.807, 2.05) is 6.07 Å². The number of hydrogen-bond donors (Lipinski definition) is 2. The van der Waals surface area contributed by atoms with Gasteiger partial charge in [-0.1, -0.05) is 31.2 Å². The fraction of sp³-hybridized carbons (Fsp3) is 0.263. The molecular formula is C19H22N2O6S. The molecule has 0 fully saturated rings. The summed E-state index contributed by atoms with van der Waals surface area (Å²) in [5.74, 6) is -0.773. The van der Waals surface area contributed by atoms with Crippen LogP contribution < -0.4 is 15.2 Å². The molecular weight excluding hydrogens is 384 g/mol. The highest BCUT2D eigenvalue weighted by molar-refractivity contribution is 7.89. The summed E-state index contributed by atoms with van der Waals surface area (Å²) in [6, 6.07) is 14.3. The topological polar surface area (TPSA) is 125 Å². The van der Waals surface area contributed by atoms with Gasteiger partial charge in [-0.15, -0.1) is 0 Å². The maximum atomic E-state index is 12.3. The fourth-order valence-electron chi connectivity index (χ4n) is 2.26. The maximum absolute atomic E-state index is 12.3. The highest BCUT2D eigenvalue weighted by atomic mass is 32.2. The van der Waals surface area contributed by atoms with Crippen molar-refractivity contribution in [2.45, 2.75) is 37.4 Å². The van der Waals surface area contributed by atoms with Gasteiger partial charge in [0.05, 0.1) is 4.90 Å². The van der Waals surface area contributed by atoms with E-state index in [2.05, 4.69) is 5.32 Å². The molecule has 2 rings (SSSR count). The molecule has 28 heavy (non-hydrogen) atoms. The standard InChI is InChI=1S/C19H22N2O6S/c1-3-17(27-15-9-5-4-6-10-15)19(23)26-13(2)18(22)21-14-8-7-11-16(12-14)28(20,24)25/h4-13,17H,3H2,1-2H3,(H,21,22)(H2,20,24,25)/t13-,17+/m0/s1. The van der Waals surface area contributed by atoms with Gasteiger partial charge in [0.1, 0.15) is 5.75 Å². The molecule has 2 atom stereocenters. The molecule has 0 heterocycles. The molecule has 2 aromatic carbocycles. The fourth-order valence-corrected chi connectivity index (χ4v) is 2.82. The molecule has 2 aromatic rings. The first kappa shape index (κ1) is 21.4. The molecule has 0 aliphatic rings. The van der Waals surface area contributed by atoms with Crippen molar-refractivity contribution < 1.29 is 27.5 Å². The molecule has 1 amide bonds. The first-order chi connectivity index (χ1) is 13.2. The Hall–Kier alpha value is -2.91. The molecule has 9 heteroatoms. The number of amides is 1. The van der Waals surface area contributed by atoms with Gasteiger partial charge < -0.3 is 14.8 Å². The molecule has 0 saturated heterocycles. The van der Waals surface area contributed by atoms with Gasteiger partial charge in [-0.3, -0.25) is 4.79 Å². The van der Waals surface area contributed by atoms with E-state index in [4.69, 9.17) is 14.6 Å². The Morgan fingerprint density at radius 1 is 1.11 bits per heavy atom. The summed E-state index contributed by atoms with van der Waals surface area (Å²) in [6.45, 7) is 3.17. The Morgan fingerprint density at radius 3 is 2.39 bits per heavy atom. The van der Waals surface area contributed by atoms with Gasteiger partial charge in [0, 0.05) is 5.69 Å². The van der Waals surface area contributed by atoms with E-state index in [-0.39, 0.29) is 10.6 Å². The summed E-state index contributed by atoms with van der Waals surface area (Å²) < 4.78 is 33.6. The quantitative estimate of drug-likeness (QED) is 0.647. The normalized spacial score (nSPS) is 13.2. The lowest BCUT2D eigenvalue weighted by atomic mass is 10.2. The van der Waals surface area contributed by atoms with Gasteiger partial charge in [0.15, 0.2) is 12.2 Å². The zero-order valence-electron chi connectivity index (χ0n) is 15.5. The van der Waals surface area contributed by atoms with E-state index in [0.717, 1.165) is 0 Å². The number of para-hydroxylation sites is 1. The molecule has 0 aliphatic heterocycles. The van der Waals surface area contributed by atoms with E-state index in [1.54, 1.807) is 31.2 Å². The number of carbonyl (C=O) groups is 2. The van der Waals surface area contributed by atoms with Gasteiger partial charge >= 0.3 is 5.97 Å². The summed E-state index contributed by atoms with van der Waals surface area (Å²) in [6.07, 6.45) is -1.61. The summed E-state index contributed by atoms with van der Waals surface area (Å²) in [5, 5.41) is 7.56. The van der Waals surface area contributed by atoms with E-state index in [0.29, 0.717) is 12.2 Å². The molecule has 150 valence electrons. The van der Waals surface area contributed by atoms with Crippen molar-refractivity contribution in [2.24, 2.45) is 5.14 Å². The monoisotopic (exact) mass is 406 g/mol. The number of anilines is 1. The van der Waals surface area contributed by atoms with Crippen molar-refractivity contribution in [3.05, 3.63) is 54.6 Å². The molecule has 0 aromatic heterocycles. The van der Waals surface area contributed by atoms with Crippen molar-refractivity contribution >= 4 is 27.6 Å². The summed E-state index contributed by atoms with van der Waals surface area (Å²) in [5.41, 5.74) is 0.215. The zero-order valence-corrected chi connectivity index (χ0v) is 16.3. The molecule has 0 radical (unpaired) electrons. The van der Waals surface area contributed by atoms with Crippen molar-refractivity contribution in [1.82, 2.24) is 0 Å². The number of nitrogens with two attached hydrogens (primary N) is 1. The predicted molar refractivity (Wildman–Crippen MR) is 103 cm³/mol. The maximum Gasteiger partial charge on any atom is 0.348 e. The lowest BCUT2D eigenvalue weighted by Crippen LogP contribution is -2.36. The second-order valence-electron chi connectivity index (χ2n) is 5.97. The summed E-state index contributed by atoms with van der Waals surface area (Å²) in [4.78, 5) is 24.4. The van der Waals surface area contributed by atoms with Crippen LogP contribution >= 0.6 is 0 Å². The Labute approximate surface area is 163 Å². The highest BCUT2D eigenvalue weighted by Gasteiger charge is 2.25. The van der Waals surface area contributed by atoms with Crippen LogP contribution in [0.2, 0.25) is 0 Å². The minimum Gasteiger partial charge on any atom is -0.479 e. The average Bonchev–Trinajstić information content (AvgIpc) is 2.66. The number of nitrogens with one attached hydrogen (secondary N) is 1. The van der Waals surface area contributed by atoms with Gasteiger partial charge in [-0.05, 0) is 43.7 Å². The van der Waals surface area contributed by atoms with E-state index < -0.39 is 34.1 Å². The highest BCUT2D eigenvalue weighted by Crippen LogP contribution is 2.16. The van der Waals surface area contributed by atoms with Crippen LogP contribution in [-0.2, 0) is 24.3 Å². The van der Waals surface area contributed by atoms with Gasteiger partial charge in [-0.2, -0.15) is 0 Å². The van der Waals surface area contributed by atoms with Crippen LogP contribution in [0.1, 0.15) is 20.3 Å². The third-order valence-electron chi connectivity index (χ3n) is 3.75. The van der Waals surface area contributed by atoms with Crippen LogP contribution in [0.5, 0.6) is 5.75 Å². The molecule has 0 saturated carbocycles. The Morgan fingerprint density at radius 2 is 1.79 bits per heavy atom. The van der Waals surface area contributed by atoms with Crippen LogP contribution in [0, 0.1) is 0 Å². The number of carbonyl (C=O) groups excluding carboxylic acids is 2. The third kappa shape index (κ3) is 6.07. The van der Waals surface area contributed by atoms with Crippen molar-refractivity contribution in [3.8, 4) is 5.75 Å². The number of ether oxygens (including phenoxy) is 2. The Bertz CT molecular complexity index is 930. The summed E-state index contributed by atoms with van der Waals surface area (Å²) >= 11 is 0. The second kappa shape index (κ2) is 9.34. The minimum atomic E-state index is -3.90. The minimum absolute atomic E-state index is 0.141. The van der Waals surface area contributed by atoms with Crippen molar-refractivity contribution in [1.29, 1.82) is 0 Å². The largest absolute Gasteiger partial charge is 0.479 e. The van der Waals surface area contributed by atoms with Crippen LogP contribution in [0.25, 0.3) is 0 Å². The molecule has 0 aliphatic carbocycles. The van der Waals surface area contributed by atoms with E-state index >= 15 is 0 Å². The van der Waals surface area contributed by atoms with Crippen molar-refractivity contribution in [3.63, 3.8) is 0 Å². The second-order valence-corrected chi connectivity index (χ2v) is 7.53. The number of rotatable bonds is 8. The predicted octanol–water partition coefficient (Wildman–Crippen LogP) is 2.06. The molecule has 8 nitrogen and oxygen atoms in total. The number of primary sulfonamides is 1. The van der Waals surface area contributed by atoms with Gasteiger partial charge in [0.2, 0.25) is 10.0 Å². The van der Waals surface area contributed by atoms with Gasteiger partial charge in [0.25, 0.3) is 5.91 Å².